The number of benzene rings is 1. The summed E-state index contributed by atoms with van der Waals surface area (Å²) in [5.74, 6) is 0.938. The lowest BCUT2D eigenvalue weighted by atomic mass is 9.92. The summed E-state index contributed by atoms with van der Waals surface area (Å²) in [7, 11) is 1.72. The number of nitrogens with two attached hydrogens (primary N) is 1. The summed E-state index contributed by atoms with van der Waals surface area (Å²) < 4.78 is 5.44. The summed E-state index contributed by atoms with van der Waals surface area (Å²) in [5, 5.41) is 0. The highest BCUT2D eigenvalue weighted by Gasteiger charge is 2.28. The van der Waals surface area contributed by atoms with E-state index < -0.39 is 0 Å². The number of aryl methyl sites for hydroxylation is 1. The number of nitrogens with zero attached hydrogens (tertiary/aromatic N) is 1. The average Bonchev–Trinajstić information content (AvgIpc) is 2.27. The number of ether oxygens (including phenoxy) is 1. The summed E-state index contributed by atoms with van der Waals surface area (Å²) in [6.07, 6.45) is 2.24. The van der Waals surface area contributed by atoms with Crippen LogP contribution >= 0.6 is 0 Å². The fraction of sp³-hybridized carbons (Fsp3) is 0.571. The molecule has 2 N–H and O–H groups in total. The van der Waals surface area contributed by atoms with Gasteiger partial charge in [0.25, 0.3) is 0 Å². The van der Waals surface area contributed by atoms with E-state index in [9.17, 15) is 0 Å². The molecule has 1 aliphatic heterocycles. The molecule has 2 rings (SSSR count). The van der Waals surface area contributed by atoms with Crippen molar-refractivity contribution < 1.29 is 4.74 Å². The van der Waals surface area contributed by atoms with Gasteiger partial charge >= 0.3 is 0 Å². The Morgan fingerprint density at radius 2 is 2.18 bits per heavy atom. The maximum atomic E-state index is 6.25. The molecule has 1 aliphatic rings. The van der Waals surface area contributed by atoms with Crippen LogP contribution in [0.15, 0.2) is 18.2 Å². The minimum Gasteiger partial charge on any atom is -0.495 e. The van der Waals surface area contributed by atoms with Crippen molar-refractivity contribution in [2.45, 2.75) is 32.2 Å². The highest BCUT2D eigenvalue weighted by Crippen LogP contribution is 2.32. The zero-order chi connectivity index (χ0) is 12.5. The molecule has 1 aromatic rings. The highest BCUT2D eigenvalue weighted by atomic mass is 16.5. The van der Waals surface area contributed by atoms with E-state index in [1.807, 2.05) is 6.07 Å². The van der Waals surface area contributed by atoms with Crippen LogP contribution in [0, 0.1) is 6.92 Å². The quantitative estimate of drug-likeness (QED) is 0.853. The topological polar surface area (TPSA) is 38.5 Å². The van der Waals surface area contributed by atoms with E-state index in [0.29, 0.717) is 0 Å². The number of hydrogen-bond acceptors (Lipinski definition) is 3. The highest BCUT2D eigenvalue weighted by molar-refractivity contribution is 5.60. The van der Waals surface area contributed by atoms with E-state index in [0.717, 1.165) is 31.7 Å². The molecule has 0 aromatic heterocycles. The molecular formula is C14H22N2O. The Balaban J connectivity index is 2.29. The van der Waals surface area contributed by atoms with Crippen LogP contribution in [0.1, 0.15) is 25.3 Å². The van der Waals surface area contributed by atoms with Crippen LogP contribution in [0.3, 0.4) is 0 Å². The van der Waals surface area contributed by atoms with E-state index in [-0.39, 0.29) is 5.54 Å². The second-order valence-corrected chi connectivity index (χ2v) is 5.35. The van der Waals surface area contributed by atoms with Crippen LogP contribution in [-0.4, -0.2) is 25.7 Å². The van der Waals surface area contributed by atoms with Gasteiger partial charge in [-0.1, -0.05) is 6.07 Å². The third kappa shape index (κ3) is 2.72. The van der Waals surface area contributed by atoms with Crippen molar-refractivity contribution in [3.05, 3.63) is 23.8 Å². The molecule has 94 valence electrons. The van der Waals surface area contributed by atoms with Gasteiger partial charge in [0.15, 0.2) is 0 Å². The largest absolute Gasteiger partial charge is 0.495 e. The first-order valence-electron chi connectivity index (χ1n) is 6.20. The van der Waals surface area contributed by atoms with Gasteiger partial charge < -0.3 is 15.4 Å². The Labute approximate surface area is 104 Å². The molecule has 1 aromatic carbocycles. The summed E-state index contributed by atoms with van der Waals surface area (Å²) in [6, 6.07) is 6.29. The van der Waals surface area contributed by atoms with Gasteiger partial charge in [0.05, 0.1) is 12.8 Å². The van der Waals surface area contributed by atoms with Crippen LogP contribution in [0.25, 0.3) is 0 Å². The van der Waals surface area contributed by atoms with Gasteiger partial charge in [-0.25, -0.2) is 0 Å². The summed E-state index contributed by atoms with van der Waals surface area (Å²) in [5.41, 5.74) is 8.59. The predicted octanol–water partition coefficient (Wildman–Crippen LogP) is 2.32. The van der Waals surface area contributed by atoms with Crippen molar-refractivity contribution in [1.29, 1.82) is 0 Å². The van der Waals surface area contributed by atoms with Crippen molar-refractivity contribution in [1.82, 2.24) is 0 Å². The van der Waals surface area contributed by atoms with Gasteiger partial charge in [0.2, 0.25) is 0 Å². The Morgan fingerprint density at radius 3 is 2.82 bits per heavy atom. The molecule has 3 heteroatoms. The zero-order valence-corrected chi connectivity index (χ0v) is 11.0. The molecular weight excluding hydrogens is 212 g/mol. The molecule has 0 amide bonds. The van der Waals surface area contributed by atoms with Crippen molar-refractivity contribution in [2.24, 2.45) is 5.73 Å². The van der Waals surface area contributed by atoms with Crippen LogP contribution in [-0.2, 0) is 0 Å². The SMILES string of the molecule is COc1ccc(C)cc1N1CCCC(C)(N)C1. The first-order valence-corrected chi connectivity index (χ1v) is 6.20. The van der Waals surface area contributed by atoms with Crippen LogP contribution in [0.5, 0.6) is 5.75 Å². The lowest BCUT2D eigenvalue weighted by Gasteiger charge is -2.39. The second kappa shape index (κ2) is 4.57. The lowest BCUT2D eigenvalue weighted by molar-refractivity contribution is 0.367. The fourth-order valence-electron chi connectivity index (χ4n) is 2.52. The van der Waals surface area contributed by atoms with E-state index in [1.165, 1.54) is 11.3 Å². The monoisotopic (exact) mass is 234 g/mol. The van der Waals surface area contributed by atoms with Crippen molar-refractivity contribution >= 4 is 5.69 Å². The van der Waals surface area contributed by atoms with Crippen molar-refractivity contribution in [2.75, 3.05) is 25.1 Å². The van der Waals surface area contributed by atoms with E-state index in [4.69, 9.17) is 10.5 Å². The summed E-state index contributed by atoms with van der Waals surface area (Å²) in [6.45, 7) is 6.19. The third-order valence-corrected chi connectivity index (χ3v) is 3.40. The van der Waals surface area contributed by atoms with Crippen LogP contribution in [0.4, 0.5) is 5.69 Å². The summed E-state index contributed by atoms with van der Waals surface area (Å²) in [4.78, 5) is 2.34. The van der Waals surface area contributed by atoms with Gasteiger partial charge in [-0.05, 0) is 44.4 Å². The molecule has 3 nitrogen and oxygen atoms in total. The first kappa shape index (κ1) is 12.2. The minimum absolute atomic E-state index is 0.0903. The molecule has 17 heavy (non-hydrogen) atoms. The van der Waals surface area contributed by atoms with Crippen molar-refractivity contribution in [3.8, 4) is 5.75 Å². The maximum absolute atomic E-state index is 6.25. The van der Waals surface area contributed by atoms with Gasteiger partial charge in [-0.3, -0.25) is 0 Å². The van der Waals surface area contributed by atoms with Crippen molar-refractivity contribution in [3.63, 3.8) is 0 Å². The maximum Gasteiger partial charge on any atom is 0.142 e. The van der Waals surface area contributed by atoms with Crippen LogP contribution in [0.2, 0.25) is 0 Å². The first-order chi connectivity index (χ1) is 8.02. The number of anilines is 1. The second-order valence-electron chi connectivity index (χ2n) is 5.35. The number of rotatable bonds is 2. The average molecular weight is 234 g/mol. The molecule has 1 heterocycles. The molecule has 1 saturated heterocycles. The van der Waals surface area contributed by atoms with Gasteiger partial charge in [-0.2, -0.15) is 0 Å². The molecule has 0 aliphatic carbocycles. The third-order valence-electron chi connectivity index (χ3n) is 3.40. The Kier molecular flexibility index (Phi) is 3.29. The number of hydrogen-bond donors (Lipinski definition) is 1. The normalized spacial score (nSPS) is 24.8. The van der Waals surface area contributed by atoms with Gasteiger partial charge in [0, 0.05) is 18.6 Å². The van der Waals surface area contributed by atoms with E-state index in [2.05, 4.69) is 30.9 Å². The predicted molar refractivity (Wildman–Crippen MR) is 71.8 cm³/mol. The summed E-state index contributed by atoms with van der Waals surface area (Å²) >= 11 is 0. The minimum atomic E-state index is -0.0903. The van der Waals surface area contributed by atoms with Gasteiger partial charge in [0.1, 0.15) is 5.75 Å². The molecule has 0 bridgehead atoms. The number of piperidine rings is 1. The van der Waals surface area contributed by atoms with E-state index >= 15 is 0 Å². The van der Waals surface area contributed by atoms with E-state index in [1.54, 1.807) is 7.11 Å². The number of methoxy groups -OCH3 is 1. The zero-order valence-electron chi connectivity index (χ0n) is 11.0. The molecule has 1 fully saturated rings. The lowest BCUT2D eigenvalue weighted by Crippen LogP contribution is -2.52. The molecule has 1 unspecified atom stereocenters. The molecule has 0 saturated carbocycles. The van der Waals surface area contributed by atoms with Crippen LogP contribution < -0.4 is 15.4 Å². The standard InChI is InChI=1S/C14H22N2O/c1-11-5-6-13(17-3)12(9-11)16-8-4-7-14(2,15)10-16/h5-6,9H,4,7-8,10,15H2,1-3H3. The molecule has 0 radical (unpaired) electrons. The Bertz CT molecular complexity index is 401. The van der Waals surface area contributed by atoms with Gasteiger partial charge in [-0.15, -0.1) is 0 Å². The fourth-order valence-corrected chi connectivity index (χ4v) is 2.52. The Morgan fingerprint density at radius 1 is 1.41 bits per heavy atom. The molecule has 0 spiro atoms. The Hall–Kier alpha value is -1.22. The smallest absolute Gasteiger partial charge is 0.142 e. The molecule has 1 atom stereocenters.